The number of rotatable bonds is 5. The highest BCUT2D eigenvalue weighted by atomic mass is 35.5. The standard InChI is InChI=1S/C15H14Cl2N4O/c16-14-15(17)21-12(20-14)7-13(22)18-6-5-9-8-19-11-4-2-1-3-10(9)11/h1-4,8,19H,5-7H2,(H,18,22)(H,20,21). The summed E-state index contributed by atoms with van der Waals surface area (Å²) in [5.41, 5.74) is 2.28. The first-order valence-electron chi connectivity index (χ1n) is 6.85. The lowest BCUT2D eigenvalue weighted by molar-refractivity contribution is -0.120. The third-order valence-corrected chi connectivity index (χ3v) is 4.03. The van der Waals surface area contributed by atoms with Crippen LogP contribution in [0.5, 0.6) is 0 Å². The van der Waals surface area contributed by atoms with E-state index in [0.29, 0.717) is 12.4 Å². The summed E-state index contributed by atoms with van der Waals surface area (Å²) in [5, 5.41) is 4.48. The number of hydrogen-bond donors (Lipinski definition) is 3. The summed E-state index contributed by atoms with van der Waals surface area (Å²) in [6.45, 7) is 0.558. The first-order valence-corrected chi connectivity index (χ1v) is 7.60. The van der Waals surface area contributed by atoms with E-state index in [1.165, 1.54) is 10.9 Å². The summed E-state index contributed by atoms with van der Waals surface area (Å²) in [6, 6.07) is 8.09. The minimum Gasteiger partial charge on any atom is -0.361 e. The van der Waals surface area contributed by atoms with Crippen LogP contribution in [0.1, 0.15) is 11.4 Å². The Morgan fingerprint density at radius 1 is 1.27 bits per heavy atom. The Hall–Kier alpha value is -1.98. The molecule has 0 saturated heterocycles. The SMILES string of the molecule is O=C(Cc1nc(Cl)c(Cl)[nH]1)NCCc1c[nH]c2ccccc12. The molecule has 0 atom stereocenters. The lowest BCUT2D eigenvalue weighted by Gasteiger charge is -2.03. The molecule has 0 spiro atoms. The molecule has 0 aliphatic rings. The van der Waals surface area contributed by atoms with Crippen LogP contribution in [-0.4, -0.2) is 27.4 Å². The highest BCUT2D eigenvalue weighted by molar-refractivity contribution is 6.40. The van der Waals surface area contributed by atoms with Crippen LogP contribution in [-0.2, 0) is 17.6 Å². The molecule has 3 N–H and O–H groups in total. The van der Waals surface area contributed by atoms with E-state index in [4.69, 9.17) is 23.2 Å². The molecule has 5 nitrogen and oxygen atoms in total. The highest BCUT2D eigenvalue weighted by Gasteiger charge is 2.10. The van der Waals surface area contributed by atoms with Gasteiger partial charge in [-0.15, -0.1) is 0 Å². The maximum Gasteiger partial charge on any atom is 0.227 e. The zero-order valence-electron chi connectivity index (χ0n) is 11.6. The quantitative estimate of drug-likeness (QED) is 0.669. The zero-order valence-corrected chi connectivity index (χ0v) is 13.1. The Morgan fingerprint density at radius 3 is 2.86 bits per heavy atom. The van der Waals surface area contributed by atoms with E-state index < -0.39 is 0 Å². The molecule has 114 valence electrons. The van der Waals surface area contributed by atoms with Gasteiger partial charge in [-0.2, -0.15) is 0 Å². The van der Waals surface area contributed by atoms with Crippen molar-refractivity contribution in [2.24, 2.45) is 0 Å². The van der Waals surface area contributed by atoms with E-state index in [0.717, 1.165) is 11.9 Å². The van der Waals surface area contributed by atoms with Gasteiger partial charge in [0, 0.05) is 23.6 Å². The number of amides is 1. The van der Waals surface area contributed by atoms with Gasteiger partial charge in [-0.3, -0.25) is 4.79 Å². The number of fused-ring (bicyclic) bond motifs is 1. The minimum absolute atomic E-state index is 0.123. The van der Waals surface area contributed by atoms with Crippen molar-refractivity contribution in [1.29, 1.82) is 0 Å². The number of aromatic amines is 2. The lowest BCUT2D eigenvalue weighted by atomic mass is 10.1. The molecule has 0 fully saturated rings. The fraction of sp³-hybridized carbons (Fsp3) is 0.200. The van der Waals surface area contributed by atoms with Gasteiger partial charge >= 0.3 is 0 Å². The summed E-state index contributed by atoms with van der Waals surface area (Å²) in [7, 11) is 0. The Kier molecular flexibility index (Phi) is 4.36. The second-order valence-electron chi connectivity index (χ2n) is 4.92. The predicted molar refractivity (Wildman–Crippen MR) is 87.3 cm³/mol. The van der Waals surface area contributed by atoms with E-state index in [1.54, 1.807) is 0 Å². The Balaban J connectivity index is 1.53. The monoisotopic (exact) mass is 336 g/mol. The van der Waals surface area contributed by atoms with Gasteiger partial charge in [-0.05, 0) is 18.1 Å². The van der Waals surface area contributed by atoms with Gasteiger partial charge in [0.05, 0.1) is 6.42 Å². The van der Waals surface area contributed by atoms with Crippen molar-refractivity contribution < 1.29 is 4.79 Å². The molecule has 0 saturated carbocycles. The van der Waals surface area contributed by atoms with Crippen molar-refractivity contribution in [2.45, 2.75) is 12.8 Å². The number of carbonyl (C=O) groups excluding carboxylic acids is 1. The van der Waals surface area contributed by atoms with Crippen LogP contribution in [0.2, 0.25) is 10.3 Å². The van der Waals surface area contributed by atoms with Crippen molar-refractivity contribution in [3.05, 3.63) is 52.2 Å². The van der Waals surface area contributed by atoms with E-state index in [1.807, 2.05) is 24.4 Å². The van der Waals surface area contributed by atoms with Gasteiger partial charge in [0.1, 0.15) is 11.0 Å². The molecule has 3 rings (SSSR count). The van der Waals surface area contributed by atoms with Gasteiger partial charge in [0.15, 0.2) is 5.15 Å². The molecule has 7 heteroatoms. The molecule has 2 aromatic heterocycles. The molecule has 0 unspecified atom stereocenters. The third kappa shape index (κ3) is 3.26. The topological polar surface area (TPSA) is 73.6 Å². The van der Waals surface area contributed by atoms with E-state index in [9.17, 15) is 4.79 Å². The van der Waals surface area contributed by atoms with Crippen molar-refractivity contribution >= 4 is 40.0 Å². The van der Waals surface area contributed by atoms with Crippen LogP contribution in [0.15, 0.2) is 30.5 Å². The molecule has 0 aliphatic heterocycles. The number of H-pyrrole nitrogens is 2. The van der Waals surface area contributed by atoms with Crippen LogP contribution in [0.4, 0.5) is 0 Å². The number of hydrogen-bond acceptors (Lipinski definition) is 2. The third-order valence-electron chi connectivity index (χ3n) is 3.39. The number of nitrogens with zero attached hydrogens (tertiary/aromatic N) is 1. The molecule has 0 radical (unpaired) electrons. The van der Waals surface area contributed by atoms with Gasteiger partial charge in [-0.25, -0.2) is 4.98 Å². The number of imidazole rings is 1. The van der Waals surface area contributed by atoms with Crippen molar-refractivity contribution in [2.75, 3.05) is 6.54 Å². The Bertz CT molecular complexity index is 789. The molecule has 0 aliphatic carbocycles. The van der Waals surface area contributed by atoms with Gasteiger partial charge < -0.3 is 15.3 Å². The smallest absolute Gasteiger partial charge is 0.227 e. The van der Waals surface area contributed by atoms with E-state index >= 15 is 0 Å². The summed E-state index contributed by atoms with van der Waals surface area (Å²) < 4.78 is 0. The number of nitrogens with one attached hydrogen (secondary N) is 3. The predicted octanol–water partition coefficient (Wildman–Crippen LogP) is 3.10. The van der Waals surface area contributed by atoms with Crippen LogP contribution in [0, 0.1) is 0 Å². The molecule has 1 aromatic carbocycles. The minimum atomic E-state index is -0.123. The fourth-order valence-electron chi connectivity index (χ4n) is 2.35. The van der Waals surface area contributed by atoms with Crippen LogP contribution in [0.25, 0.3) is 10.9 Å². The molecule has 1 amide bonds. The van der Waals surface area contributed by atoms with Gasteiger partial charge in [-0.1, -0.05) is 41.4 Å². The number of halogens is 2. The molecular weight excluding hydrogens is 323 g/mol. The number of aromatic nitrogens is 3. The molecule has 3 aromatic rings. The second-order valence-corrected chi connectivity index (χ2v) is 5.66. The molecule has 2 heterocycles. The zero-order chi connectivity index (χ0) is 15.5. The maximum absolute atomic E-state index is 11.9. The van der Waals surface area contributed by atoms with Gasteiger partial charge in [0.25, 0.3) is 0 Å². The highest BCUT2D eigenvalue weighted by Crippen LogP contribution is 2.18. The number of benzene rings is 1. The van der Waals surface area contributed by atoms with Crippen LogP contribution < -0.4 is 5.32 Å². The van der Waals surface area contributed by atoms with Gasteiger partial charge in [0.2, 0.25) is 5.91 Å². The van der Waals surface area contributed by atoms with Crippen LogP contribution in [0.3, 0.4) is 0 Å². The van der Waals surface area contributed by atoms with E-state index in [2.05, 4.69) is 26.3 Å². The molecule has 22 heavy (non-hydrogen) atoms. The first kappa shape index (κ1) is 14.9. The normalized spacial score (nSPS) is 11.0. The average molecular weight is 337 g/mol. The Labute approximate surface area is 137 Å². The lowest BCUT2D eigenvalue weighted by Crippen LogP contribution is -2.27. The number of carbonyl (C=O) groups is 1. The maximum atomic E-state index is 11.9. The van der Waals surface area contributed by atoms with Crippen molar-refractivity contribution in [3.8, 4) is 0 Å². The summed E-state index contributed by atoms with van der Waals surface area (Å²) >= 11 is 11.5. The summed E-state index contributed by atoms with van der Waals surface area (Å²) in [5.74, 6) is 0.335. The first-order chi connectivity index (χ1) is 10.6. The molecular formula is C15H14Cl2N4O. The van der Waals surface area contributed by atoms with Crippen LogP contribution >= 0.6 is 23.2 Å². The average Bonchev–Trinajstić information content (AvgIpc) is 3.03. The van der Waals surface area contributed by atoms with Crippen molar-refractivity contribution in [1.82, 2.24) is 20.3 Å². The summed E-state index contributed by atoms with van der Waals surface area (Å²) in [6.07, 6.45) is 2.86. The number of para-hydroxylation sites is 1. The summed E-state index contributed by atoms with van der Waals surface area (Å²) in [4.78, 5) is 21.8. The second kappa shape index (κ2) is 6.42. The fourth-order valence-corrected chi connectivity index (χ4v) is 2.65. The molecule has 0 bridgehead atoms. The largest absolute Gasteiger partial charge is 0.361 e. The Morgan fingerprint density at radius 2 is 2.09 bits per heavy atom. The van der Waals surface area contributed by atoms with E-state index in [-0.39, 0.29) is 22.6 Å². The van der Waals surface area contributed by atoms with Crippen molar-refractivity contribution in [3.63, 3.8) is 0 Å².